The number of nitrogens with zero attached hydrogens (tertiary/aromatic N) is 2. The lowest BCUT2D eigenvalue weighted by Crippen LogP contribution is -2.32. The van der Waals surface area contributed by atoms with Crippen LogP contribution in [0.1, 0.15) is 29.0 Å². The Morgan fingerprint density at radius 1 is 1.32 bits per heavy atom. The molecular formula is C17H18F2N4O2. The van der Waals surface area contributed by atoms with Gasteiger partial charge in [0, 0.05) is 24.9 Å². The van der Waals surface area contributed by atoms with Crippen LogP contribution in [0.25, 0.3) is 0 Å². The molecule has 1 amide bonds. The maximum Gasteiger partial charge on any atom is 0.270 e. The molecule has 0 saturated carbocycles. The zero-order valence-corrected chi connectivity index (χ0v) is 13.7. The van der Waals surface area contributed by atoms with E-state index < -0.39 is 11.6 Å². The number of hydrogen-bond acceptors (Lipinski definition) is 5. The van der Waals surface area contributed by atoms with Crippen molar-refractivity contribution in [3.05, 3.63) is 47.3 Å². The molecule has 1 aliphatic heterocycles. The SMILES string of the molecule is Cc1cc(C(=O)NCC2CCCO2)nc(Nc2ccc(F)cc2F)n1. The topological polar surface area (TPSA) is 76.1 Å². The Balaban J connectivity index is 1.71. The molecule has 1 atom stereocenters. The highest BCUT2D eigenvalue weighted by Crippen LogP contribution is 2.19. The number of halogens is 2. The third kappa shape index (κ3) is 4.48. The average molecular weight is 348 g/mol. The van der Waals surface area contributed by atoms with E-state index in [-0.39, 0.29) is 29.3 Å². The van der Waals surface area contributed by atoms with Crippen LogP contribution in [-0.4, -0.2) is 35.1 Å². The van der Waals surface area contributed by atoms with E-state index in [0.29, 0.717) is 18.8 Å². The van der Waals surface area contributed by atoms with Crippen LogP contribution in [0.5, 0.6) is 0 Å². The second-order valence-corrected chi connectivity index (χ2v) is 5.81. The van der Waals surface area contributed by atoms with Gasteiger partial charge in [0.05, 0.1) is 11.8 Å². The molecule has 1 aromatic heterocycles. The van der Waals surface area contributed by atoms with Crippen LogP contribution in [-0.2, 0) is 4.74 Å². The highest BCUT2D eigenvalue weighted by atomic mass is 19.1. The van der Waals surface area contributed by atoms with Gasteiger partial charge in [0.25, 0.3) is 5.91 Å². The first-order chi connectivity index (χ1) is 12.0. The highest BCUT2D eigenvalue weighted by molar-refractivity contribution is 5.92. The molecule has 2 aromatic rings. The third-order valence-electron chi connectivity index (χ3n) is 3.78. The summed E-state index contributed by atoms with van der Waals surface area (Å²) in [6.07, 6.45) is 1.93. The van der Waals surface area contributed by atoms with Gasteiger partial charge in [0.15, 0.2) is 0 Å². The molecule has 0 radical (unpaired) electrons. The molecule has 8 heteroatoms. The number of aryl methyl sites for hydroxylation is 1. The lowest BCUT2D eigenvalue weighted by Gasteiger charge is -2.12. The zero-order valence-electron chi connectivity index (χ0n) is 13.7. The molecule has 0 bridgehead atoms. The minimum atomic E-state index is -0.769. The fraction of sp³-hybridized carbons (Fsp3) is 0.353. The maximum absolute atomic E-state index is 13.7. The molecule has 132 valence electrons. The summed E-state index contributed by atoms with van der Waals surface area (Å²) < 4.78 is 32.2. The van der Waals surface area contributed by atoms with Gasteiger partial charge in [0.2, 0.25) is 5.95 Å². The molecule has 2 heterocycles. The van der Waals surface area contributed by atoms with Crippen molar-refractivity contribution in [2.75, 3.05) is 18.5 Å². The standard InChI is InChI=1S/C17H18F2N4O2/c1-10-7-15(16(24)20-9-12-3-2-6-25-12)23-17(21-10)22-14-5-4-11(18)8-13(14)19/h4-5,7-8,12H,2-3,6,9H2,1H3,(H,20,24)(H,21,22,23). The largest absolute Gasteiger partial charge is 0.376 e. The minimum absolute atomic E-state index is 0.0257. The highest BCUT2D eigenvalue weighted by Gasteiger charge is 2.18. The normalized spacial score (nSPS) is 16.7. The maximum atomic E-state index is 13.7. The first-order valence-corrected chi connectivity index (χ1v) is 7.99. The number of benzene rings is 1. The predicted octanol–water partition coefficient (Wildman–Crippen LogP) is 2.72. The molecular weight excluding hydrogens is 330 g/mol. The smallest absolute Gasteiger partial charge is 0.270 e. The molecule has 1 fully saturated rings. The van der Waals surface area contributed by atoms with Crippen LogP contribution in [0.3, 0.4) is 0 Å². The van der Waals surface area contributed by atoms with E-state index in [9.17, 15) is 13.6 Å². The minimum Gasteiger partial charge on any atom is -0.376 e. The molecule has 2 N–H and O–H groups in total. The van der Waals surface area contributed by atoms with Gasteiger partial charge in [0.1, 0.15) is 17.3 Å². The monoisotopic (exact) mass is 348 g/mol. The van der Waals surface area contributed by atoms with E-state index >= 15 is 0 Å². The lowest BCUT2D eigenvalue weighted by atomic mass is 10.2. The quantitative estimate of drug-likeness (QED) is 0.869. The summed E-state index contributed by atoms with van der Waals surface area (Å²) >= 11 is 0. The Labute approximate surface area is 143 Å². The number of nitrogens with one attached hydrogen (secondary N) is 2. The van der Waals surface area contributed by atoms with Crippen LogP contribution in [0, 0.1) is 18.6 Å². The van der Waals surface area contributed by atoms with Crippen LogP contribution >= 0.6 is 0 Å². The summed E-state index contributed by atoms with van der Waals surface area (Å²) in [5.41, 5.74) is 0.732. The number of ether oxygens (including phenoxy) is 1. The van der Waals surface area contributed by atoms with Crippen LogP contribution in [0.4, 0.5) is 20.4 Å². The van der Waals surface area contributed by atoms with Crippen LogP contribution in [0.15, 0.2) is 24.3 Å². The Morgan fingerprint density at radius 2 is 2.16 bits per heavy atom. The molecule has 1 aliphatic rings. The number of rotatable bonds is 5. The van der Waals surface area contributed by atoms with Gasteiger partial charge in [-0.1, -0.05) is 0 Å². The summed E-state index contributed by atoms with van der Waals surface area (Å²) in [4.78, 5) is 20.5. The van der Waals surface area contributed by atoms with E-state index in [2.05, 4.69) is 20.6 Å². The Bertz CT molecular complexity index is 779. The Hall–Kier alpha value is -2.61. The lowest BCUT2D eigenvalue weighted by molar-refractivity contribution is 0.0853. The van der Waals surface area contributed by atoms with Crippen molar-refractivity contribution in [1.29, 1.82) is 0 Å². The van der Waals surface area contributed by atoms with Gasteiger partial charge >= 0.3 is 0 Å². The van der Waals surface area contributed by atoms with Crippen LogP contribution < -0.4 is 10.6 Å². The molecule has 1 saturated heterocycles. The van der Waals surface area contributed by atoms with E-state index in [1.165, 1.54) is 12.1 Å². The summed E-state index contributed by atoms with van der Waals surface area (Å²) in [5.74, 6) is -1.74. The third-order valence-corrected chi connectivity index (χ3v) is 3.78. The Morgan fingerprint density at radius 3 is 2.88 bits per heavy atom. The van der Waals surface area contributed by atoms with Crippen molar-refractivity contribution in [2.45, 2.75) is 25.9 Å². The van der Waals surface area contributed by atoms with Crippen molar-refractivity contribution in [1.82, 2.24) is 15.3 Å². The molecule has 25 heavy (non-hydrogen) atoms. The first-order valence-electron chi connectivity index (χ1n) is 7.99. The van der Waals surface area contributed by atoms with Crippen molar-refractivity contribution in [2.24, 2.45) is 0 Å². The second kappa shape index (κ2) is 7.52. The molecule has 1 aromatic carbocycles. The summed E-state index contributed by atoms with van der Waals surface area (Å²) in [6, 6.07) is 4.66. The summed E-state index contributed by atoms with van der Waals surface area (Å²) in [5, 5.41) is 5.44. The fourth-order valence-electron chi connectivity index (χ4n) is 2.55. The fourth-order valence-corrected chi connectivity index (χ4v) is 2.55. The number of amides is 1. The van der Waals surface area contributed by atoms with E-state index in [1.54, 1.807) is 6.92 Å². The number of anilines is 2. The molecule has 3 rings (SSSR count). The van der Waals surface area contributed by atoms with Gasteiger partial charge in [-0.25, -0.2) is 18.7 Å². The number of hydrogen-bond donors (Lipinski definition) is 2. The van der Waals surface area contributed by atoms with Crippen molar-refractivity contribution in [3.63, 3.8) is 0 Å². The van der Waals surface area contributed by atoms with Gasteiger partial charge in [-0.15, -0.1) is 0 Å². The molecule has 0 spiro atoms. The van der Waals surface area contributed by atoms with Crippen molar-refractivity contribution >= 4 is 17.5 Å². The van der Waals surface area contributed by atoms with Crippen molar-refractivity contribution in [3.8, 4) is 0 Å². The number of carbonyl (C=O) groups is 1. The van der Waals surface area contributed by atoms with E-state index in [1.807, 2.05) is 0 Å². The van der Waals surface area contributed by atoms with Gasteiger partial charge in [-0.2, -0.15) is 0 Å². The second-order valence-electron chi connectivity index (χ2n) is 5.81. The van der Waals surface area contributed by atoms with Gasteiger partial charge in [-0.3, -0.25) is 4.79 Å². The Kier molecular flexibility index (Phi) is 5.18. The number of carbonyl (C=O) groups excluding carboxylic acids is 1. The zero-order chi connectivity index (χ0) is 17.8. The average Bonchev–Trinajstić information content (AvgIpc) is 3.08. The van der Waals surface area contributed by atoms with E-state index in [0.717, 1.165) is 25.0 Å². The van der Waals surface area contributed by atoms with Gasteiger partial charge in [-0.05, 0) is 38.0 Å². The van der Waals surface area contributed by atoms with Gasteiger partial charge < -0.3 is 15.4 Å². The summed E-state index contributed by atoms with van der Waals surface area (Å²) in [7, 11) is 0. The summed E-state index contributed by atoms with van der Waals surface area (Å²) in [6.45, 7) is 2.83. The van der Waals surface area contributed by atoms with Crippen molar-refractivity contribution < 1.29 is 18.3 Å². The molecule has 1 unspecified atom stereocenters. The van der Waals surface area contributed by atoms with Crippen LogP contribution in [0.2, 0.25) is 0 Å². The first kappa shape index (κ1) is 17.2. The molecule has 6 nitrogen and oxygen atoms in total. The number of aromatic nitrogens is 2. The van der Waals surface area contributed by atoms with E-state index in [4.69, 9.17) is 4.74 Å². The molecule has 0 aliphatic carbocycles. The predicted molar refractivity (Wildman–Crippen MR) is 87.7 cm³/mol.